The third kappa shape index (κ3) is 1.90. The van der Waals surface area contributed by atoms with E-state index in [1.807, 2.05) is 0 Å². The van der Waals surface area contributed by atoms with Crippen molar-refractivity contribution in [1.82, 2.24) is 0 Å². The van der Waals surface area contributed by atoms with Crippen LogP contribution in [-0.4, -0.2) is 8.07 Å². The van der Waals surface area contributed by atoms with E-state index in [2.05, 4.69) is 38.1 Å². The zero-order valence-corrected chi connectivity index (χ0v) is 11.1. The number of fused-ring (bicyclic) bond motifs is 1. The predicted octanol–water partition coefficient (Wildman–Crippen LogP) is 3.72. The van der Waals surface area contributed by atoms with E-state index in [9.17, 15) is 0 Å². The third-order valence-corrected chi connectivity index (χ3v) is 9.67. The van der Waals surface area contributed by atoms with E-state index < -0.39 is 8.07 Å². The first-order valence-corrected chi connectivity index (χ1v) is 9.03. The maximum absolute atomic E-state index is 2.43. The van der Waals surface area contributed by atoms with Gasteiger partial charge in [0.1, 0.15) is 0 Å². The molecule has 82 valence electrons. The molecule has 15 heavy (non-hydrogen) atoms. The summed E-state index contributed by atoms with van der Waals surface area (Å²) in [5.74, 6) is 0. The zero-order chi connectivity index (χ0) is 10.7. The van der Waals surface area contributed by atoms with Gasteiger partial charge in [0.25, 0.3) is 0 Å². The first kappa shape index (κ1) is 10.9. The largest absolute Gasteiger partial charge is 0.0873 e. The van der Waals surface area contributed by atoms with Crippen molar-refractivity contribution >= 4 is 13.3 Å². The van der Waals surface area contributed by atoms with Crippen LogP contribution in [0.1, 0.15) is 32.3 Å². The van der Waals surface area contributed by atoms with Gasteiger partial charge in [-0.05, 0) is 18.0 Å². The van der Waals surface area contributed by atoms with Gasteiger partial charge in [-0.2, -0.15) is 0 Å². The van der Waals surface area contributed by atoms with E-state index in [1.165, 1.54) is 37.4 Å². The highest BCUT2D eigenvalue weighted by Gasteiger charge is 2.38. The molecule has 0 amide bonds. The summed E-state index contributed by atoms with van der Waals surface area (Å²) in [6.45, 7) is 4.71. The molecule has 0 nitrogen and oxygen atoms in total. The third-order valence-electron chi connectivity index (χ3n) is 3.92. The SMILES string of the molecule is CCC[Si]1(CCC)CCc2ccccc21. The molecule has 0 N–H and O–H groups in total. The summed E-state index contributed by atoms with van der Waals surface area (Å²) in [5, 5.41) is 1.80. The number of benzene rings is 1. The van der Waals surface area contributed by atoms with E-state index in [0.29, 0.717) is 0 Å². The summed E-state index contributed by atoms with van der Waals surface area (Å²) < 4.78 is 0. The minimum atomic E-state index is -1.05. The summed E-state index contributed by atoms with van der Waals surface area (Å²) in [4.78, 5) is 0. The fourth-order valence-electron chi connectivity index (χ4n) is 3.37. The van der Waals surface area contributed by atoms with Crippen molar-refractivity contribution in [2.45, 2.75) is 51.2 Å². The van der Waals surface area contributed by atoms with Crippen LogP contribution in [0.3, 0.4) is 0 Å². The standard InChI is InChI=1S/C14H22Si/c1-3-10-15(11-4-2)12-9-13-7-5-6-8-14(13)15/h5-8H,3-4,9-12H2,1-2H3. The van der Waals surface area contributed by atoms with Gasteiger partial charge < -0.3 is 0 Å². The van der Waals surface area contributed by atoms with Gasteiger partial charge >= 0.3 is 0 Å². The molecule has 1 aromatic rings. The van der Waals surface area contributed by atoms with Crippen LogP contribution in [0, 0.1) is 0 Å². The zero-order valence-electron chi connectivity index (χ0n) is 10.1. The Labute approximate surface area is 94.7 Å². The summed E-state index contributed by atoms with van der Waals surface area (Å²) >= 11 is 0. The number of rotatable bonds is 4. The van der Waals surface area contributed by atoms with Crippen LogP contribution in [0.15, 0.2) is 24.3 Å². The van der Waals surface area contributed by atoms with Gasteiger partial charge in [0.2, 0.25) is 0 Å². The van der Waals surface area contributed by atoms with E-state index in [0.717, 1.165) is 0 Å². The van der Waals surface area contributed by atoms with Gasteiger partial charge in [0, 0.05) is 0 Å². The Bertz CT molecular complexity index is 318. The highest BCUT2D eigenvalue weighted by atomic mass is 28.3. The summed E-state index contributed by atoms with van der Waals surface area (Å²) in [7, 11) is -1.05. The fraction of sp³-hybridized carbons (Fsp3) is 0.571. The van der Waals surface area contributed by atoms with Crippen molar-refractivity contribution in [2.75, 3.05) is 0 Å². The van der Waals surface area contributed by atoms with Gasteiger partial charge in [-0.1, -0.05) is 68.2 Å². The Balaban J connectivity index is 2.35. The van der Waals surface area contributed by atoms with Gasteiger partial charge in [0.15, 0.2) is 0 Å². The number of hydrogen-bond acceptors (Lipinski definition) is 0. The molecule has 0 unspecified atom stereocenters. The Morgan fingerprint density at radius 2 is 1.73 bits per heavy atom. The Morgan fingerprint density at radius 3 is 2.40 bits per heavy atom. The monoisotopic (exact) mass is 218 g/mol. The minimum Gasteiger partial charge on any atom is -0.0656 e. The maximum atomic E-state index is 2.43. The molecule has 0 aliphatic carbocycles. The van der Waals surface area contributed by atoms with Gasteiger partial charge in [-0.3, -0.25) is 0 Å². The first-order chi connectivity index (χ1) is 7.32. The van der Waals surface area contributed by atoms with Crippen molar-refractivity contribution in [3.8, 4) is 0 Å². The van der Waals surface area contributed by atoms with Gasteiger partial charge in [-0.15, -0.1) is 0 Å². The molecule has 1 aliphatic heterocycles. The van der Waals surface area contributed by atoms with Crippen molar-refractivity contribution in [3.63, 3.8) is 0 Å². The first-order valence-electron chi connectivity index (χ1n) is 6.41. The highest BCUT2D eigenvalue weighted by Crippen LogP contribution is 2.32. The van der Waals surface area contributed by atoms with Crippen molar-refractivity contribution in [2.24, 2.45) is 0 Å². The molecule has 0 radical (unpaired) electrons. The Kier molecular flexibility index (Phi) is 3.30. The lowest BCUT2D eigenvalue weighted by molar-refractivity contribution is 0.969. The molecule has 1 heterocycles. The molecule has 1 aromatic carbocycles. The molecule has 0 spiro atoms. The lowest BCUT2D eigenvalue weighted by Gasteiger charge is -2.27. The molecule has 0 saturated carbocycles. The van der Waals surface area contributed by atoms with Gasteiger partial charge in [0.05, 0.1) is 8.07 Å². The molecule has 1 heteroatoms. The van der Waals surface area contributed by atoms with Crippen LogP contribution in [0.5, 0.6) is 0 Å². The predicted molar refractivity (Wildman–Crippen MR) is 70.5 cm³/mol. The fourth-order valence-corrected chi connectivity index (χ4v) is 8.93. The molecule has 0 atom stereocenters. The van der Waals surface area contributed by atoms with Crippen LogP contribution < -0.4 is 5.19 Å². The van der Waals surface area contributed by atoms with E-state index in [1.54, 1.807) is 10.8 Å². The number of aryl methyl sites for hydroxylation is 1. The van der Waals surface area contributed by atoms with Crippen molar-refractivity contribution in [1.29, 1.82) is 0 Å². The molecular formula is C14H22Si. The summed E-state index contributed by atoms with van der Waals surface area (Å²) in [5.41, 5.74) is 1.67. The Hall–Kier alpha value is -0.563. The second-order valence-corrected chi connectivity index (χ2v) is 9.54. The lowest BCUT2D eigenvalue weighted by atomic mass is 10.2. The molecule has 0 aromatic heterocycles. The van der Waals surface area contributed by atoms with Crippen molar-refractivity contribution in [3.05, 3.63) is 29.8 Å². The molecule has 0 fully saturated rings. The molecule has 1 aliphatic rings. The van der Waals surface area contributed by atoms with Gasteiger partial charge in [-0.25, -0.2) is 0 Å². The average molecular weight is 218 g/mol. The Morgan fingerprint density at radius 1 is 1.07 bits per heavy atom. The number of hydrogen-bond donors (Lipinski definition) is 0. The van der Waals surface area contributed by atoms with Crippen LogP contribution in [0.25, 0.3) is 0 Å². The van der Waals surface area contributed by atoms with Crippen LogP contribution >= 0.6 is 0 Å². The van der Waals surface area contributed by atoms with E-state index in [-0.39, 0.29) is 0 Å². The molecule has 2 rings (SSSR count). The van der Waals surface area contributed by atoms with Crippen LogP contribution in [0.2, 0.25) is 18.1 Å². The van der Waals surface area contributed by atoms with E-state index in [4.69, 9.17) is 0 Å². The second kappa shape index (κ2) is 4.52. The molecule has 0 bridgehead atoms. The molecule has 0 saturated heterocycles. The minimum absolute atomic E-state index is 1.05. The maximum Gasteiger partial charge on any atom is 0.0873 e. The summed E-state index contributed by atoms with van der Waals surface area (Å²) in [6.07, 6.45) is 4.11. The highest BCUT2D eigenvalue weighted by molar-refractivity contribution is 6.93. The van der Waals surface area contributed by atoms with Crippen LogP contribution in [0.4, 0.5) is 0 Å². The quantitative estimate of drug-likeness (QED) is 0.676. The lowest BCUT2D eigenvalue weighted by Crippen LogP contribution is -2.44. The van der Waals surface area contributed by atoms with E-state index >= 15 is 0 Å². The smallest absolute Gasteiger partial charge is 0.0656 e. The average Bonchev–Trinajstić information content (AvgIpc) is 2.60. The topological polar surface area (TPSA) is 0 Å². The second-order valence-electron chi connectivity index (χ2n) is 4.94. The summed E-state index contributed by atoms with van der Waals surface area (Å²) in [6, 6.07) is 13.8. The molecular weight excluding hydrogens is 196 g/mol. The normalized spacial score (nSPS) is 17.7. The van der Waals surface area contributed by atoms with Crippen LogP contribution in [-0.2, 0) is 6.42 Å². The van der Waals surface area contributed by atoms with Crippen molar-refractivity contribution < 1.29 is 0 Å².